The largest absolute Gasteiger partial charge is 0.497 e. The minimum absolute atomic E-state index is 0.0153. The maximum atomic E-state index is 15.0. The van der Waals surface area contributed by atoms with Gasteiger partial charge in [0.2, 0.25) is 5.91 Å². The van der Waals surface area contributed by atoms with Gasteiger partial charge in [0.15, 0.2) is 5.60 Å². The Balaban J connectivity index is 1.40. The number of aliphatic hydroxyl groups excluding tert-OH is 1. The fraction of sp³-hybridized carbons (Fsp3) is 0.316. The smallest absolute Gasteiger partial charge is 0.268 e. The van der Waals surface area contributed by atoms with Gasteiger partial charge < -0.3 is 14.6 Å². The minimum atomic E-state index is -2.32. The SMILES string of the molecule is COc1ccc([Si](C)(C)[C@@H]2[C@@H](CCO)O[C@]3(C(=O)N(c4ccccc4)c4ccc(N5C(=O)CCc6ccccc65)cc43)[C@H]2C)cc1. The molecule has 1 N–H and O–H groups in total. The molecule has 8 heteroatoms. The standard InChI is InChI=1S/C38H40N2O5Si/c1-25-36(46(3,4)30-18-16-29(44-2)17-19-30)34(22-23-41)45-38(25)31-24-28(39-32-13-9-8-10-26(32)14-21-35(39)42)15-20-33(31)40(37(38)43)27-11-6-5-7-12-27/h5-13,15-20,24-25,34,36,41H,14,21-23H2,1-4H3/t25-,34+,36-,38+/m0/s1. The molecule has 7 rings (SSSR count). The van der Waals surface area contributed by atoms with Gasteiger partial charge in [0, 0.05) is 35.9 Å². The van der Waals surface area contributed by atoms with Crippen LogP contribution in [0, 0.1) is 5.92 Å². The zero-order valence-electron chi connectivity index (χ0n) is 26.8. The average Bonchev–Trinajstić information content (AvgIpc) is 3.51. The molecule has 236 valence electrons. The molecule has 4 aromatic rings. The van der Waals surface area contributed by atoms with Gasteiger partial charge in [-0.15, -0.1) is 0 Å². The van der Waals surface area contributed by atoms with Gasteiger partial charge in [0.25, 0.3) is 5.91 Å². The minimum Gasteiger partial charge on any atom is -0.497 e. The van der Waals surface area contributed by atoms with Crippen LogP contribution >= 0.6 is 0 Å². The first-order valence-electron chi connectivity index (χ1n) is 16.1. The molecule has 7 nitrogen and oxygen atoms in total. The average molecular weight is 633 g/mol. The first-order chi connectivity index (χ1) is 22.2. The van der Waals surface area contributed by atoms with E-state index in [1.807, 2.05) is 78.9 Å². The van der Waals surface area contributed by atoms with E-state index in [-0.39, 0.29) is 36.0 Å². The highest BCUT2D eigenvalue weighted by Crippen LogP contribution is 2.61. The molecule has 1 saturated heterocycles. The van der Waals surface area contributed by atoms with Crippen LogP contribution in [0.15, 0.2) is 97.1 Å². The van der Waals surface area contributed by atoms with Gasteiger partial charge in [-0.1, -0.05) is 73.7 Å². The van der Waals surface area contributed by atoms with Gasteiger partial charge in [-0.2, -0.15) is 0 Å². The maximum absolute atomic E-state index is 15.0. The fourth-order valence-corrected chi connectivity index (χ4v) is 12.4. The van der Waals surface area contributed by atoms with E-state index in [9.17, 15) is 9.90 Å². The summed E-state index contributed by atoms with van der Waals surface area (Å²) < 4.78 is 12.6. The molecule has 0 saturated carbocycles. The van der Waals surface area contributed by atoms with Crippen LogP contribution in [0.5, 0.6) is 5.75 Å². The Morgan fingerprint density at radius 2 is 1.59 bits per heavy atom. The second-order valence-electron chi connectivity index (χ2n) is 13.2. The first-order valence-corrected chi connectivity index (χ1v) is 19.2. The van der Waals surface area contributed by atoms with Crippen LogP contribution in [-0.2, 0) is 26.3 Å². The van der Waals surface area contributed by atoms with Gasteiger partial charge in [-0.05, 0) is 72.5 Å². The van der Waals surface area contributed by atoms with E-state index < -0.39 is 13.7 Å². The van der Waals surface area contributed by atoms with E-state index in [1.165, 1.54) is 5.19 Å². The van der Waals surface area contributed by atoms with E-state index in [2.05, 4.69) is 38.2 Å². The Hall–Kier alpha value is -4.24. The molecule has 46 heavy (non-hydrogen) atoms. The van der Waals surface area contributed by atoms with Crippen molar-refractivity contribution in [1.29, 1.82) is 0 Å². The van der Waals surface area contributed by atoms with E-state index in [4.69, 9.17) is 9.47 Å². The molecule has 0 radical (unpaired) electrons. The van der Waals surface area contributed by atoms with Crippen molar-refractivity contribution in [2.24, 2.45) is 5.92 Å². The molecule has 1 spiro atoms. The summed E-state index contributed by atoms with van der Waals surface area (Å²) in [6, 6.07) is 31.9. The Kier molecular flexibility index (Phi) is 7.62. The van der Waals surface area contributed by atoms with E-state index >= 15 is 4.79 Å². The van der Waals surface area contributed by atoms with Crippen molar-refractivity contribution >= 4 is 47.8 Å². The lowest BCUT2D eigenvalue weighted by Crippen LogP contribution is -2.51. The number of aliphatic hydroxyl groups is 1. The van der Waals surface area contributed by atoms with E-state index in [0.717, 1.165) is 39.6 Å². The van der Waals surface area contributed by atoms with Crippen LogP contribution in [0.25, 0.3) is 0 Å². The second-order valence-corrected chi connectivity index (χ2v) is 17.9. The summed E-state index contributed by atoms with van der Waals surface area (Å²) in [6.07, 6.45) is 1.21. The van der Waals surface area contributed by atoms with Crippen LogP contribution in [0.3, 0.4) is 0 Å². The zero-order valence-corrected chi connectivity index (χ0v) is 27.8. The van der Waals surface area contributed by atoms with Gasteiger partial charge >= 0.3 is 0 Å². The Morgan fingerprint density at radius 1 is 0.870 bits per heavy atom. The maximum Gasteiger partial charge on any atom is 0.268 e. The molecule has 3 aliphatic heterocycles. The normalized spacial score (nSPS) is 24.0. The molecule has 0 aliphatic carbocycles. The van der Waals surface area contributed by atoms with Gasteiger partial charge in [0.05, 0.1) is 32.7 Å². The molecule has 4 atom stereocenters. The highest BCUT2D eigenvalue weighted by atomic mass is 28.3. The summed E-state index contributed by atoms with van der Waals surface area (Å²) in [7, 11) is -0.658. The van der Waals surface area contributed by atoms with Gasteiger partial charge in [-0.3, -0.25) is 19.4 Å². The van der Waals surface area contributed by atoms with Crippen molar-refractivity contribution < 1.29 is 24.2 Å². The number of amides is 2. The number of para-hydroxylation sites is 2. The van der Waals surface area contributed by atoms with Crippen molar-refractivity contribution in [2.75, 3.05) is 23.5 Å². The molecule has 0 unspecified atom stereocenters. The van der Waals surface area contributed by atoms with Crippen molar-refractivity contribution in [1.82, 2.24) is 0 Å². The number of nitrogens with zero attached hydrogens (tertiary/aromatic N) is 2. The number of carbonyl (C=O) groups is 2. The summed E-state index contributed by atoms with van der Waals surface area (Å²) in [5.41, 5.74) is 3.75. The molecule has 2 amide bonds. The van der Waals surface area contributed by atoms with E-state index in [1.54, 1.807) is 16.9 Å². The number of fused-ring (bicyclic) bond motifs is 3. The third-order valence-corrected chi connectivity index (χ3v) is 14.9. The topological polar surface area (TPSA) is 79.3 Å². The molecule has 1 fully saturated rings. The Morgan fingerprint density at radius 3 is 2.30 bits per heavy atom. The number of anilines is 4. The van der Waals surface area contributed by atoms with Crippen molar-refractivity contribution in [3.05, 3.63) is 108 Å². The van der Waals surface area contributed by atoms with Crippen LogP contribution < -0.4 is 19.7 Å². The molecule has 0 bridgehead atoms. The number of hydrogen-bond donors (Lipinski definition) is 1. The van der Waals surface area contributed by atoms with E-state index in [0.29, 0.717) is 19.3 Å². The number of benzene rings is 4. The highest BCUT2D eigenvalue weighted by Gasteiger charge is 2.66. The number of ether oxygens (including phenoxy) is 2. The van der Waals surface area contributed by atoms with Crippen molar-refractivity contribution in [2.45, 2.75) is 56.5 Å². The predicted molar refractivity (Wildman–Crippen MR) is 183 cm³/mol. The molecule has 3 heterocycles. The molecule has 4 aromatic carbocycles. The third kappa shape index (κ3) is 4.53. The van der Waals surface area contributed by atoms with Crippen LogP contribution in [0.2, 0.25) is 18.6 Å². The molecular weight excluding hydrogens is 593 g/mol. The van der Waals surface area contributed by atoms with Crippen LogP contribution in [0.4, 0.5) is 22.7 Å². The molecule has 3 aliphatic rings. The molecule has 0 aromatic heterocycles. The van der Waals surface area contributed by atoms with Crippen molar-refractivity contribution in [3.63, 3.8) is 0 Å². The van der Waals surface area contributed by atoms with Gasteiger partial charge in [-0.25, -0.2) is 0 Å². The van der Waals surface area contributed by atoms with Crippen LogP contribution in [0.1, 0.15) is 30.9 Å². The highest BCUT2D eigenvalue weighted by molar-refractivity contribution is 6.91. The van der Waals surface area contributed by atoms with Crippen molar-refractivity contribution in [3.8, 4) is 5.75 Å². The Labute approximate surface area is 271 Å². The lowest BCUT2D eigenvalue weighted by molar-refractivity contribution is -0.145. The lowest BCUT2D eigenvalue weighted by atomic mass is 9.82. The fourth-order valence-electron chi connectivity index (χ4n) is 8.31. The summed E-state index contributed by atoms with van der Waals surface area (Å²) in [6.45, 7) is 6.76. The summed E-state index contributed by atoms with van der Waals surface area (Å²) in [4.78, 5) is 32.1. The van der Waals surface area contributed by atoms with Crippen LogP contribution in [-0.4, -0.2) is 44.8 Å². The number of aryl methyl sites for hydroxylation is 1. The summed E-state index contributed by atoms with van der Waals surface area (Å²) >= 11 is 0. The summed E-state index contributed by atoms with van der Waals surface area (Å²) in [5.74, 6) is 0.481. The number of carbonyl (C=O) groups excluding carboxylic acids is 2. The Bertz CT molecular complexity index is 1790. The monoisotopic (exact) mass is 632 g/mol. The summed E-state index contributed by atoms with van der Waals surface area (Å²) in [5, 5.41) is 11.5. The quantitative estimate of drug-likeness (QED) is 0.233. The number of methoxy groups -OCH3 is 1. The van der Waals surface area contributed by atoms with Gasteiger partial charge in [0.1, 0.15) is 5.75 Å². The first kappa shape index (κ1) is 30.4. The lowest BCUT2D eigenvalue weighted by Gasteiger charge is -2.37. The number of hydrogen-bond acceptors (Lipinski definition) is 5. The zero-order chi connectivity index (χ0) is 32.2. The number of rotatable bonds is 7. The predicted octanol–water partition coefficient (Wildman–Crippen LogP) is 6.58. The molecular formula is C38H40N2O5Si. The third-order valence-electron chi connectivity index (χ3n) is 10.5. The second kappa shape index (κ2) is 11.5.